The Labute approximate surface area is 81.6 Å². The van der Waals surface area contributed by atoms with E-state index in [0.29, 0.717) is 0 Å². The number of aldehydes is 1. The number of hydrogen-bond donors (Lipinski definition) is 1. The summed E-state index contributed by atoms with van der Waals surface area (Å²) >= 11 is 0. The molecule has 2 N–H and O–H groups in total. The van der Waals surface area contributed by atoms with Crippen molar-refractivity contribution in [3.63, 3.8) is 0 Å². The lowest BCUT2D eigenvalue weighted by Gasteiger charge is -2.40. The fraction of sp³-hybridized carbons (Fsp3) is 0. The molecule has 0 amide bonds. The van der Waals surface area contributed by atoms with Crippen LogP contribution in [-0.4, -0.2) is 6.29 Å². The van der Waals surface area contributed by atoms with Crippen LogP contribution < -0.4 is 5.73 Å². The average molecular weight is 247 g/mol. The minimum absolute atomic E-state index is 0.0172. The van der Waals surface area contributed by atoms with E-state index >= 15 is 0 Å². The molecule has 0 atom stereocenters. The molecular formula is C7H6F5NOS. The average Bonchev–Trinajstić information content (AvgIpc) is 1.99. The van der Waals surface area contributed by atoms with Gasteiger partial charge in [-0.1, -0.05) is 19.4 Å². The number of rotatable bonds is 2. The zero-order chi connectivity index (χ0) is 12.0. The van der Waals surface area contributed by atoms with E-state index in [1.54, 1.807) is 0 Å². The van der Waals surface area contributed by atoms with Crippen LogP contribution in [-0.2, 0) is 0 Å². The number of carbonyl (C=O) groups excluding carboxylic acids is 1. The summed E-state index contributed by atoms with van der Waals surface area (Å²) in [5.41, 5.74) is 3.89. The van der Waals surface area contributed by atoms with E-state index in [9.17, 15) is 24.2 Å². The predicted molar refractivity (Wildman–Crippen MR) is 47.6 cm³/mol. The highest BCUT2D eigenvalue weighted by Gasteiger charge is 2.65. The van der Waals surface area contributed by atoms with Gasteiger partial charge >= 0.3 is 10.2 Å². The topological polar surface area (TPSA) is 43.1 Å². The second kappa shape index (κ2) is 2.43. The predicted octanol–water partition coefficient (Wildman–Crippen LogP) is 3.74. The van der Waals surface area contributed by atoms with Crippen molar-refractivity contribution < 1.29 is 24.2 Å². The van der Waals surface area contributed by atoms with Crippen LogP contribution in [0.2, 0.25) is 0 Å². The number of hydrogen-bond acceptors (Lipinski definition) is 2. The fourth-order valence-corrected chi connectivity index (χ4v) is 1.65. The monoisotopic (exact) mass is 247 g/mol. The van der Waals surface area contributed by atoms with Gasteiger partial charge in [-0.2, -0.15) is 0 Å². The maximum Gasteiger partial charge on any atom is 0.310 e. The summed E-state index contributed by atoms with van der Waals surface area (Å²) in [7, 11) is -9.75. The highest BCUT2D eigenvalue weighted by molar-refractivity contribution is 8.45. The van der Waals surface area contributed by atoms with Crippen molar-refractivity contribution in [2.75, 3.05) is 5.73 Å². The molecule has 2 nitrogen and oxygen atoms in total. The first-order chi connectivity index (χ1) is 6.42. The Morgan fingerprint density at radius 2 is 1.60 bits per heavy atom. The highest BCUT2D eigenvalue weighted by atomic mass is 32.5. The number of benzene rings is 1. The second-order valence-electron chi connectivity index (χ2n) is 2.92. The fourth-order valence-electron chi connectivity index (χ4n) is 0.937. The van der Waals surface area contributed by atoms with Crippen LogP contribution in [0.25, 0.3) is 0 Å². The third kappa shape index (κ3) is 2.82. The van der Waals surface area contributed by atoms with Gasteiger partial charge in [-0.05, 0) is 18.2 Å². The molecule has 8 heteroatoms. The molecule has 0 saturated heterocycles. The van der Waals surface area contributed by atoms with Gasteiger partial charge in [0.25, 0.3) is 0 Å². The first-order valence-corrected chi connectivity index (χ1v) is 5.47. The normalized spacial score (nSPS) is 16.6. The highest BCUT2D eigenvalue weighted by Crippen LogP contribution is 3.02. The largest absolute Gasteiger partial charge is 0.399 e. The molecule has 15 heavy (non-hydrogen) atoms. The zero-order valence-electron chi connectivity index (χ0n) is 7.09. The lowest BCUT2D eigenvalue weighted by Crippen LogP contribution is -2.07. The minimum atomic E-state index is -9.75. The summed E-state index contributed by atoms with van der Waals surface area (Å²) in [6, 6.07) is 1.06. The molecule has 0 radical (unpaired) electrons. The molecule has 1 aromatic rings. The third-order valence-electron chi connectivity index (χ3n) is 1.53. The molecule has 0 bridgehead atoms. The summed E-state index contributed by atoms with van der Waals surface area (Å²) in [6.45, 7) is 0. The zero-order valence-corrected chi connectivity index (χ0v) is 7.91. The molecule has 0 fully saturated rings. The summed E-state index contributed by atoms with van der Waals surface area (Å²) in [4.78, 5) is 8.04. The molecule has 0 aliphatic rings. The Bertz CT molecular complexity index is 426. The number of nitrogen functional groups attached to an aromatic ring is 1. The van der Waals surface area contributed by atoms with Crippen LogP contribution in [0.5, 0.6) is 0 Å². The number of halogens is 5. The van der Waals surface area contributed by atoms with Crippen LogP contribution in [0.15, 0.2) is 23.1 Å². The van der Waals surface area contributed by atoms with E-state index in [2.05, 4.69) is 0 Å². The number of carbonyl (C=O) groups is 1. The van der Waals surface area contributed by atoms with Crippen LogP contribution in [0.3, 0.4) is 0 Å². The van der Waals surface area contributed by atoms with Crippen LogP contribution in [0.4, 0.5) is 25.1 Å². The first kappa shape index (κ1) is 11.8. The van der Waals surface area contributed by atoms with Gasteiger partial charge in [0.2, 0.25) is 0 Å². The number of nitrogens with two attached hydrogens (primary N) is 1. The summed E-state index contributed by atoms with van der Waals surface area (Å²) in [5, 5.41) is 0. The molecule has 0 heterocycles. The quantitative estimate of drug-likeness (QED) is 0.491. The molecule has 1 aromatic carbocycles. The Morgan fingerprint density at radius 3 is 2.00 bits per heavy atom. The Hall–Kier alpha value is -1.31. The van der Waals surface area contributed by atoms with Gasteiger partial charge < -0.3 is 5.73 Å². The molecule has 0 aliphatic carbocycles. The lowest BCUT2D eigenvalue weighted by molar-refractivity contribution is 0.112. The van der Waals surface area contributed by atoms with Gasteiger partial charge in [0.1, 0.15) is 11.2 Å². The van der Waals surface area contributed by atoms with Gasteiger partial charge in [-0.3, -0.25) is 4.79 Å². The van der Waals surface area contributed by atoms with Gasteiger partial charge in [0.15, 0.2) is 0 Å². The molecule has 1 rings (SSSR count). The third-order valence-corrected chi connectivity index (χ3v) is 2.66. The van der Waals surface area contributed by atoms with Crippen LogP contribution in [0.1, 0.15) is 10.4 Å². The first-order valence-electron chi connectivity index (χ1n) is 3.52. The summed E-state index contributed by atoms with van der Waals surface area (Å²) < 4.78 is 61.4. The molecular weight excluding hydrogens is 241 g/mol. The Balaban J connectivity index is 3.54. The van der Waals surface area contributed by atoms with Crippen molar-refractivity contribution in [2.24, 2.45) is 0 Å². The lowest BCUT2D eigenvalue weighted by atomic mass is 10.2. The standard InChI is InChI=1S/C7H6F5NOS/c8-15(9,10,11,12)7-2-5(4-14)1-6(13)3-7/h1-4H,13H2. The molecule has 0 spiro atoms. The SMILES string of the molecule is Nc1cc(C=O)cc(S(F)(F)(F)(F)F)c1. The Morgan fingerprint density at radius 1 is 1.07 bits per heavy atom. The Kier molecular flexibility index (Phi) is 1.91. The summed E-state index contributed by atoms with van der Waals surface area (Å²) in [6.07, 6.45) is 0.0172. The minimum Gasteiger partial charge on any atom is -0.399 e. The molecule has 0 aliphatic heterocycles. The molecule has 0 aromatic heterocycles. The van der Waals surface area contributed by atoms with Crippen molar-refractivity contribution in [1.82, 2.24) is 0 Å². The van der Waals surface area contributed by atoms with Crippen LogP contribution in [0, 0.1) is 0 Å². The van der Waals surface area contributed by atoms with E-state index in [1.807, 2.05) is 0 Å². The van der Waals surface area contributed by atoms with Gasteiger partial charge in [-0.15, -0.1) is 0 Å². The van der Waals surface area contributed by atoms with E-state index in [0.717, 1.165) is 6.07 Å². The van der Waals surface area contributed by atoms with E-state index in [-0.39, 0.29) is 18.4 Å². The number of anilines is 1. The molecule has 0 unspecified atom stereocenters. The molecule has 86 valence electrons. The van der Waals surface area contributed by atoms with E-state index in [1.165, 1.54) is 0 Å². The second-order valence-corrected chi connectivity index (χ2v) is 5.33. The maximum atomic E-state index is 12.3. The molecule has 0 saturated carbocycles. The van der Waals surface area contributed by atoms with E-state index in [4.69, 9.17) is 5.73 Å². The van der Waals surface area contributed by atoms with Crippen molar-refractivity contribution in [3.05, 3.63) is 23.8 Å². The van der Waals surface area contributed by atoms with Crippen molar-refractivity contribution in [2.45, 2.75) is 4.90 Å². The van der Waals surface area contributed by atoms with Crippen LogP contribution >= 0.6 is 10.2 Å². The van der Waals surface area contributed by atoms with Gasteiger partial charge in [0, 0.05) is 11.3 Å². The summed E-state index contributed by atoms with van der Waals surface area (Å²) in [5.74, 6) is 0. The van der Waals surface area contributed by atoms with E-state index < -0.39 is 26.4 Å². The maximum absolute atomic E-state index is 12.3. The van der Waals surface area contributed by atoms with Gasteiger partial charge in [-0.25, -0.2) is 0 Å². The van der Waals surface area contributed by atoms with Crippen molar-refractivity contribution in [1.29, 1.82) is 0 Å². The van der Waals surface area contributed by atoms with Crippen molar-refractivity contribution >= 4 is 22.2 Å². The van der Waals surface area contributed by atoms with Gasteiger partial charge in [0.05, 0.1) is 0 Å². The van der Waals surface area contributed by atoms with Crippen molar-refractivity contribution in [3.8, 4) is 0 Å². The smallest absolute Gasteiger partial charge is 0.310 e.